The predicted molar refractivity (Wildman–Crippen MR) is 77.6 cm³/mol. The molecule has 1 atom stereocenters. The second-order valence-corrected chi connectivity index (χ2v) is 5.88. The van der Waals surface area contributed by atoms with Crippen molar-refractivity contribution in [3.8, 4) is 0 Å². The van der Waals surface area contributed by atoms with Gasteiger partial charge in [0.2, 0.25) is 5.91 Å². The van der Waals surface area contributed by atoms with Crippen LogP contribution in [-0.2, 0) is 17.8 Å². The van der Waals surface area contributed by atoms with Crippen molar-refractivity contribution in [1.82, 2.24) is 20.1 Å². The van der Waals surface area contributed by atoms with Gasteiger partial charge in [-0.25, -0.2) is 0 Å². The summed E-state index contributed by atoms with van der Waals surface area (Å²) in [5.41, 5.74) is 1.12. The molecule has 0 radical (unpaired) electrons. The lowest BCUT2D eigenvalue weighted by Crippen LogP contribution is -2.31. The highest BCUT2D eigenvalue weighted by atomic mass is 16.2. The Bertz CT molecular complexity index is 660. The van der Waals surface area contributed by atoms with Crippen LogP contribution in [-0.4, -0.2) is 20.7 Å². The summed E-state index contributed by atoms with van der Waals surface area (Å²) >= 11 is 0. The van der Waals surface area contributed by atoms with E-state index in [9.17, 15) is 4.79 Å². The first-order valence-corrected chi connectivity index (χ1v) is 7.58. The highest BCUT2D eigenvalue weighted by Gasteiger charge is 2.37. The number of nitrogens with zero attached hydrogens (tertiary/aromatic N) is 3. The molecule has 2 heterocycles. The molecule has 1 aliphatic carbocycles. The molecule has 1 unspecified atom stereocenters. The van der Waals surface area contributed by atoms with Crippen LogP contribution in [0.25, 0.3) is 0 Å². The molecule has 1 amide bonds. The van der Waals surface area contributed by atoms with Crippen molar-refractivity contribution in [1.29, 1.82) is 0 Å². The highest BCUT2D eigenvalue weighted by Crippen LogP contribution is 2.42. The molecule has 2 aromatic rings. The Morgan fingerprint density at radius 1 is 1.19 bits per heavy atom. The van der Waals surface area contributed by atoms with E-state index in [1.807, 2.05) is 30.3 Å². The van der Waals surface area contributed by atoms with Crippen molar-refractivity contribution in [3.63, 3.8) is 0 Å². The molecule has 1 fully saturated rings. The molecule has 0 saturated heterocycles. The van der Waals surface area contributed by atoms with E-state index >= 15 is 0 Å². The number of aromatic nitrogens is 3. The second-order valence-electron chi connectivity index (χ2n) is 5.88. The van der Waals surface area contributed by atoms with Crippen LogP contribution in [0.2, 0.25) is 0 Å². The number of rotatable bonds is 4. The van der Waals surface area contributed by atoms with Gasteiger partial charge in [-0.3, -0.25) is 4.79 Å². The number of aryl methyl sites for hydroxylation is 1. The molecular weight excluding hydrogens is 264 g/mol. The third-order valence-corrected chi connectivity index (χ3v) is 4.30. The van der Waals surface area contributed by atoms with Gasteiger partial charge in [0.25, 0.3) is 0 Å². The van der Waals surface area contributed by atoms with Crippen molar-refractivity contribution in [2.75, 3.05) is 0 Å². The molecule has 5 nitrogen and oxygen atoms in total. The maximum absolute atomic E-state index is 12.5. The van der Waals surface area contributed by atoms with Gasteiger partial charge in [0, 0.05) is 18.9 Å². The normalized spacial score (nSPS) is 20.3. The van der Waals surface area contributed by atoms with E-state index in [4.69, 9.17) is 0 Å². The van der Waals surface area contributed by atoms with Gasteiger partial charge in [0.05, 0.1) is 0 Å². The standard InChI is InChI=1S/C16H18N4O/c21-16(17-10-11-4-2-1-3-5-11)13-8-9-14-18-19-15(20(13)14)12-6-7-12/h1-5,12-13H,6-10H2,(H,17,21). The van der Waals surface area contributed by atoms with Gasteiger partial charge >= 0.3 is 0 Å². The molecule has 1 aliphatic heterocycles. The molecular formula is C16H18N4O. The first-order valence-electron chi connectivity index (χ1n) is 7.58. The molecule has 2 aliphatic rings. The lowest BCUT2D eigenvalue weighted by molar-refractivity contribution is -0.124. The summed E-state index contributed by atoms with van der Waals surface area (Å²) in [7, 11) is 0. The second kappa shape index (κ2) is 4.98. The van der Waals surface area contributed by atoms with E-state index in [2.05, 4.69) is 20.1 Å². The van der Waals surface area contributed by atoms with Gasteiger partial charge in [-0.2, -0.15) is 0 Å². The zero-order valence-electron chi connectivity index (χ0n) is 11.8. The Balaban J connectivity index is 1.48. The van der Waals surface area contributed by atoms with Crippen LogP contribution in [0.4, 0.5) is 0 Å². The van der Waals surface area contributed by atoms with Crippen molar-refractivity contribution in [2.24, 2.45) is 0 Å². The van der Waals surface area contributed by atoms with Crippen LogP contribution in [0, 0.1) is 0 Å². The van der Waals surface area contributed by atoms with E-state index < -0.39 is 0 Å². The number of benzene rings is 1. The van der Waals surface area contributed by atoms with Gasteiger partial charge < -0.3 is 9.88 Å². The fraction of sp³-hybridized carbons (Fsp3) is 0.438. The lowest BCUT2D eigenvalue weighted by Gasteiger charge is -2.15. The monoisotopic (exact) mass is 282 g/mol. The average Bonchev–Trinajstić information content (AvgIpc) is 3.13. The molecule has 0 spiro atoms. The number of nitrogens with one attached hydrogen (secondary N) is 1. The minimum Gasteiger partial charge on any atom is -0.350 e. The van der Waals surface area contributed by atoms with Crippen molar-refractivity contribution >= 4 is 5.91 Å². The summed E-state index contributed by atoms with van der Waals surface area (Å²) < 4.78 is 2.08. The predicted octanol–water partition coefficient (Wildman–Crippen LogP) is 1.96. The first-order chi connectivity index (χ1) is 10.3. The number of carbonyl (C=O) groups is 1. The number of fused-ring (bicyclic) bond motifs is 1. The Labute approximate surface area is 123 Å². The minimum absolute atomic E-state index is 0.0827. The molecule has 0 bridgehead atoms. The van der Waals surface area contributed by atoms with Crippen LogP contribution >= 0.6 is 0 Å². The molecule has 108 valence electrons. The topological polar surface area (TPSA) is 59.8 Å². The molecule has 5 heteroatoms. The molecule has 1 aromatic carbocycles. The van der Waals surface area contributed by atoms with E-state index in [0.29, 0.717) is 12.5 Å². The quantitative estimate of drug-likeness (QED) is 0.932. The van der Waals surface area contributed by atoms with Crippen molar-refractivity contribution < 1.29 is 4.79 Å². The Morgan fingerprint density at radius 2 is 2.00 bits per heavy atom. The lowest BCUT2D eigenvalue weighted by atomic mass is 10.2. The summed E-state index contributed by atoms with van der Waals surface area (Å²) in [6, 6.07) is 9.87. The summed E-state index contributed by atoms with van der Waals surface area (Å²) in [5.74, 6) is 2.59. The number of carbonyl (C=O) groups excluding carboxylic acids is 1. The van der Waals surface area contributed by atoms with Crippen molar-refractivity contribution in [3.05, 3.63) is 47.5 Å². The maximum Gasteiger partial charge on any atom is 0.243 e. The van der Waals surface area contributed by atoms with Crippen LogP contribution in [0.1, 0.15) is 48.4 Å². The van der Waals surface area contributed by atoms with Crippen LogP contribution in [0.3, 0.4) is 0 Å². The van der Waals surface area contributed by atoms with Crippen LogP contribution < -0.4 is 5.32 Å². The summed E-state index contributed by atoms with van der Waals surface area (Å²) in [4.78, 5) is 12.5. The number of hydrogen-bond acceptors (Lipinski definition) is 3. The Morgan fingerprint density at radius 3 is 2.76 bits per heavy atom. The smallest absolute Gasteiger partial charge is 0.243 e. The summed E-state index contributed by atoms with van der Waals surface area (Å²) in [6.07, 6.45) is 4.04. The fourth-order valence-corrected chi connectivity index (χ4v) is 3.01. The van der Waals surface area contributed by atoms with E-state index in [-0.39, 0.29) is 11.9 Å². The highest BCUT2D eigenvalue weighted by molar-refractivity contribution is 5.80. The number of hydrogen-bond donors (Lipinski definition) is 1. The largest absolute Gasteiger partial charge is 0.350 e. The first kappa shape index (κ1) is 12.6. The third-order valence-electron chi connectivity index (χ3n) is 4.30. The fourth-order valence-electron chi connectivity index (χ4n) is 3.01. The molecule has 1 aromatic heterocycles. The Hall–Kier alpha value is -2.17. The molecule has 1 saturated carbocycles. The zero-order chi connectivity index (χ0) is 14.2. The summed E-state index contributed by atoms with van der Waals surface area (Å²) in [6.45, 7) is 0.576. The van der Waals surface area contributed by atoms with Gasteiger partial charge in [-0.05, 0) is 24.8 Å². The van der Waals surface area contributed by atoms with E-state index in [1.54, 1.807) is 0 Å². The van der Waals surface area contributed by atoms with E-state index in [0.717, 1.165) is 30.1 Å². The van der Waals surface area contributed by atoms with Crippen LogP contribution in [0.5, 0.6) is 0 Å². The van der Waals surface area contributed by atoms with Gasteiger partial charge in [0.1, 0.15) is 17.7 Å². The van der Waals surface area contributed by atoms with Gasteiger partial charge in [-0.15, -0.1) is 10.2 Å². The van der Waals surface area contributed by atoms with Crippen LogP contribution in [0.15, 0.2) is 30.3 Å². The maximum atomic E-state index is 12.5. The van der Waals surface area contributed by atoms with E-state index in [1.165, 1.54) is 12.8 Å². The minimum atomic E-state index is -0.130. The molecule has 4 rings (SSSR count). The number of amides is 1. The Kier molecular flexibility index (Phi) is 2.98. The SMILES string of the molecule is O=C(NCc1ccccc1)C1CCc2nnc(C3CC3)n21. The third kappa shape index (κ3) is 2.33. The molecule has 1 N–H and O–H groups in total. The van der Waals surface area contributed by atoms with Gasteiger partial charge in [0.15, 0.2) is 0 Å². The average molecular weight is 282 g/mol. The summed E-state index contributed by atoms with van der Waals surface area (Å²) in [5, 5.41) is 11.6. The van der Waals surface area contributed by atoms with Crippen molar-refractivity contribution in [2.45, 2.75) is 44.2 Å². The van der Waals surface area contributed by atoms with Gasteiger partial charge in [-0.1, -0.05) is 30.3 Å². The zero-order valence-corrected chi connectivity index (χ0v) is 11.8. The molecule has 21 heavy (non-hydrogen) atoms.